The first-order valence-electron chi connectivity index (χ1n) is 11.2. The van der Waals surface area contributed by atoms with Crippen LogP contribution in [0.25, 0.3) is 0 Å². The first-order valence-corrected chi connectivity index (χ1v) is 13.1. The predicted molar refractivity (Wildman–Crippen MR) is 127 cm³/mol. The third-order valence-corrected chi connectivity index (χ3v) is 8.19. The van der Waals surface area contributed by atoms with Crippen molar-refractivity contribution in [3.63, 3.8) is 0 Å². The van der Waals surface area contributed by atoms with E-state index >= 15 is 0 Å². The van der Waals surface area contributed by atoms with Crippen LogP contribution in [0.1, 0.15) is 37.6 Å². The van der Waals surface area contributed by atoms with Gasteiger partial charge in [0, 0.05) is 25.8 Å². The minimum atomic E-state index is -3.94. The lowest BCUT2D eigenvalue weighted by molar-refractivity contribution is -0.164. The van der Waals surface area contributed by atoms with Gasteiger partial charge >= 0.3 is 13.6 Å². The summed E-state index contributed by atoms with van der Waals surface area (Å²) in [7, 11) is -1.62. The molecule has 2 fully saturated rings. The smallest absolute Gasteiger partial charge is 0.370 e. The Morgan fingerprint density at radius 3 is 2.51 bits per heavy atom. The monoisotopic (exact) mass is 534 g/mol. The standard InChI is InChI=1S/C22H32ClN2O9P/c1-6-31-20(27)21(35(28,29-4)30-5)32-11-12-10-15(18-17(12)33-22(2,3)34-18)25-19(26)16-13(23)8-7-9-14(16)24/h7-9,12,15,17-18,21H,6,10-11,24H2,1-5H3,(H,25,26)/t12-,15-,17-,18+,21?/m1/s1. The van der Waals surface area contributed by atoms with Gasteiger partial charge < -0.3 is 39.0 Å². The molecule has 0 bridgehead atoms. The predicted octanol–water partition coefficient (Wildman–Crippen LogP) is 2.95. The summed E-state index contributed by atoms with van der Waals surface area (Å²) < 4.78 is 45.8. The van der Waals surface area contributed by atoms with Crippen LogP contribution in [0.4, 0.5) is 5.69 Å². The van der Waals surface area contributed by atoms with Gasteiger partial charge in [0.2, 0.25) is 0 Å². The van der Waals surface area contributed by atoms with Crippen molar-refractivity contribution in [2.75, 3.05) is 33.2 Å². The summed E-state index contributed by atoms with van der Waals surface area (Å²) in [4.78, 5) is 25.5. The molecule has 2 aliphatic rings. The Kier molecular flexibility index (Phi) is 8.86. The lowest BCUT2D eigenvalue weighted by Crippen LogP contribution is -2.43. The number of carbonyl (C=O) groups is 2. The summed E-state index contributed by atoms with van der Waals surface area (Å²) in [6, 6.07) is 4.37. The molecule has 1 amide bonds. The number of anilines is 1. The highest BCUT2D eigenvalue weighted by atomic mass is 35.5. The number of carbonyl (C=O) groups excluding carboxylic acids is 2. The van der Waals surface area contributed by atoms with Crippen LogP contribution in [0.5, 0.6) is 0 Å². The number of esters is 1. The topological polar surface area (TPSA) is 145 Å². The Morgan fingerprint density at radius 2 is 1.91 bits per heavy atom. The maximum atomic E-state index is 13.0. The van der Waals surface area contributed by atoms with Crippen LogP contribution in [0.2, 0.25) is 5.02 Å². The number of nitrogens with one attached hydrogen (secondary N) is 1. The molecule has 11 nitrogen and oxygen atoms in total. The van der Waals surface area contributed by atoms with Crippen molar-refractivity contribution < 1.29 is 42.1 Å². The van der Waals surface area contributed by atoms with Crippen LogP contribution in [-0.2, 0) is 37.4 Å². The molecule has 1 aliphatic heterocycles. The second-order valence-electron chi connectivity index (χ2n) is 8.69. The van der Waals surface area contributed by atoms with Crippen molar-refractivity contribution in [3.05, 3.63) is 28.8 Å². The fraction of sp³-hybridized carbons (Fsp3) is 0.636. The van der Waals surface area contributed by atoms with Crippen molar-refractivity contribution in [1.29, 1.82) is 0 Å². The van der Waals surface area contributed by atoms with Crippen LogP contribution >= 0.6 is 19.2 Å². The second-order valence-corrected chi connectivity index (χ2v) is 11.4. The lowest BCUT2D eigenvalue weighted by atomic mass is 10.1. The Labute approximate surface area is 209 Å². The molecule has 1 saturated carbocycles. The Morgan fingerprint density at radius 1 is 1.26 bits per heavy atom. The molecular weight excluding hydrogens is 503 g/mol. The van der Waals surface area contributed by atoms with E-state index in [0.717, 1.165) is 14.2 Å². The summed E-state index contributed by atoms with van der Waals surface area (Å²) in [5.41, 5.74) is 6.38. The number of ether oxygens (including phenoxy) is 4. The molecule has 1 aromatic rings. The van der Waals surface area contributed by atoms with Crippen molar-refractivity contribution in [2.45, 2.75) is 57.1 Å². The molecule has 0 radical (unpaired) electrons. The van der Waals surface area contributed by atoms with E-state index in [1.165, 1.54) is 0 Å². The van der Waals surface area contributed by atoms with Gasteiger partial charge in [-0.15, -0.1) is 0 Å². The van der Waals surface area contributed by atoms with Crippen LogP contribution in [-0.4, -0.2) is 69.2 Å². The van der Waals surface area contributed by atoms with Gasteiger partial charge in [-0.3, -0.25) is 9.36 Å². The number of hydrogen-bond acceptors (Lipinski definition) is 10. The summed E-state index contributed by atoms with van der Waals surface area (Å²) in [6.45, 7) is 5.15. The molecular formula is C22H32ClN2O9P. The molecule has 0 spiro atoms. The average molecular weight is 535 g/mol. The first-order chi connectivity index (χ1) is 16.5. The SMILES string of the molecule is CCOC(=O)C(OC[C@H]1C[C@@H](NC(=O)c2c(N)cccc2Cl)[C@@H]2OC(C)(C)O[C@H]12)P(=O)(OC)OC. The van der Waals surface area contributed by atoms with Gasteiger partial charge in [0.05, 0.1) is 35.9 Å². The van der Waals surface area contributed by atoms with Gasteiger partial charge in [-0.25, -0.2) is 4.79 Å². The number of hydrogen-bond donors (Lipinski definition) is 2. The maximum absolute atomic E-state index is 13.0. The van der Waals surface area contributed by atoms with E-state index in [2.05, 4.69) is 5.32 Å². The highest BCUT2D eigenvalue weighted by Gasteiger charge is 2.55. The molecule has 1 unspecified atom stereocenters. The summed E-state index contributed by atoms with van der Waals surface area (Å²) in [5.74, 6) is -4.12. The van der Waals surface area contributed by atoms with Crippen molar-refractivity contribution in [3.8, 4) is 0 Å². The van der Waals surface area contributed by atoms with E-state index in [1.807, 2.05) is 0 Å². The van der Waals surface area contributed by atoms with E-state index in [0.29, 0.717) is 6.42 Å². The number of rotatable bonds is 10. The number of nitrogens with two attached hydrogens (primary N) is 1. The van der Waals surface area contributed by atoms with Gasteiger partial charge in [0.1, 0.15) is 6.10 Å². The van der Waals surface area contributed by atoms with E-state index in [9.17, 15) is 14.2 Å². The second kappa shape index (κ2) is 11.1. The molecule has 5 atom stereocenters. The summed E-state index contributed by atoms with van der Waals surface area (Å²) in [5, 5.41) is 3.17. The molecule has 196 valence electrons. The molecule has 0 aromatic heterocycles. The van der Waals surface area contributed by atoms with E-state index in [1.54, 1.807) is 39.0 Å². The van der Waals surface area contributed by atoms with Crippen LogP contribution in [0.15, 0.2) is 18.2 Å². The molecule has 3 N–H and O–H groups in total. The number of fused-ring (bicyclic) bond motifs is 1. The number of halogens is 1. The van der Waals surface area contributed by atoms with Crippen molar-refractivity contribution in [1.82, 2.24) is 5.32 Å². The Bertz CT molecular complexity index is 963. The van der Waals surface area contributed by atoms with E-state index in [4.69, 9.17) is 45.3 Å². The van der Waals surface area contributed by atoms with Gasteiger partial charge in [-0.2, -0.15) is 0 Å². The van der Waals surface area contributed by atoms with Gasteiger partial charge in [0.15, 0.2) is 5.79 Å². The molecule has 13 heteroatoms. The highest BCUT2D eigenvalue weighted by molar-refractivity contribution is 7.55. The molecule has 35 heavy (non-hydrogen) atoms. The summed E-state index contributed by atoms with van der Waals surface area (Å²) in [6.07, 6.45) is -0.573. The fourth-order valence-corrected chi connectivity index (χ4v) is 5.80. The number of benzene rings is 1. The minimum absolute atomic E-state index is 0.0542. The number of amides is 1. The van der Waals surface area contributed by atoms with Gasteiger partial charge in [0.25, 0.3) is 11.8 Å². The average Bonchev–Trinajstić information content (AvgIpc) is 3.27. The van der Waals surface area contributed by atoms with E-state index < -0.39 is 49.4 Å². The van der Waals surface area contributed by atoms with Gasteiger partial charge in [-0.05, 0) is 39.3 Å². The van der Waals surface area contributed by atoms with E-state index in [-0.39, 0.29) is 35.4 Å². The maximum Gasteiger partial charge on any atom is 0.370 e. The minimum Gasteiger partial charge on any atom is -0.464 e. The Hall–Kier alpha value is -1.72. The largest absolute Gasteiger partial charge is 0.464 e. The third kappa shape index (κ3) is 5.99. The van der Waals surface area contributed by atoms with Crippen molar-refractivity contribution in [2.24, 2.45) is 5.92 Å². The highest BCUT2D eigenvalue weighted by Crippen LogP contribution is 2.53. The number of nitrogen functional groups attached to an aromatic ring is 1. The fourth-order valence-electron chi connectivity index (χ4n) is 4.39. The molecule has 1 heterocycles. The zero-order valence-corrected chi connectivity index (χ0v) is 22.0. The van der Waals surface area contributed by atoms with Gasteiger partial charge in [-0.1, -0.05) is 17.7 Å². The zero-order chi connectivity index (χ0) is 26.0. The zero-order valence-electron chi connectivity index (χ0n) is 20.3. The molecule has 3 rings (SSSR count). The first kappa shape index (κ1) is 27.9. The molecule has 1 aromatic carbocycles. The third-order valence-electron chi connectivity index (χ3n) is 5.92. The normalized spacial score (nSPS) is 26.2. The summed E-state index contributed by atoms with van der Waals surface area (Å²) >= 11 is 6.19. The molecule has 1 saturated heterocycles. The molecule has 1 aliphatic carbocycles. The van der Waals surface area contributed by atoms with Crippen LogP contribution < -0.4 is 11.1 Å². The lowest BCUT2D eigenvalue weighted by Gasteiger charge is -2.26. The Balaban J connectivity index is 1.78. The quantitative estimate of drug-likeness (QED) is 0.261. The van der Waals surface area contributed by atoms with Crippen molar-refractivity contribution >= 4 is 36.8 Å². The van der Waals surface area contributed by atoms with Crippen LogP contribution in [0.3, 0.4) is 0 Å². The van der Waals surface area contributed by atoms with Crippen LogP contribution in [0, 0.1) is 5.92 Å².